The van der Waals surface area contributed by atoms with E-state index in [9.17, 15) is 0 Å². The maximum Gasteiger partial charge on any atom is 0.123 e. The Morgan fingerprint density at radius 1 is 1.33 bits per heavy atom. The quantitative estimate of drug-likeness (QED) is 0.907. The van der Waals surface area contributed by atoms with Crippen molar-refractivity contribution in [2.75, 3.05) is 6.54 Å². The van der Waals surface area contributed by atoms with E-state index in [0.29, 0.717) is 0 Å². The number of aryl methyl sites for hydroxylation is 2. The normalized spacial score (nSPS) is 10.9. The molecule has 0 bridgehead atoms. The predicted octanol–water partition coefficient (Wildman–Crippen LogP) is 4.30. The zero-order valence-electron chi connectivity index (χ0n) is 10.9. The third-order valence-electron chi connectivity index (χ3n) is 2.85. The van der Waals surface area contributed by atoms with Crippen molar-refractivity contribution in [3.8, 4) is 10.6 Å². The summed E-state index contributed by atoms with van der Waals surface area (Å²) in [5.74, 6) is 0. The van der Waals surface area contributed by atoms with Crippen molar-refractivity contribution >= 4 is 27.3 Å². The molecule has 0 saturated carbocycles. The molecule has 4 heteroatoms. The number of benzene rings is 1. The fourth-order valence-corrected chi connectivity index (χ4v) is 3.09. The Morgan fingerprint density at radius 3 is 2.78 bits per heavy atom. The maximum atomic E-state index is 4.66. The Bertz CT molecular complexity index is 549. The van der Waals surface area contributed by atoms with E-state index in [1.54, 1.807) is 11.3 Å². The Kier molecular flexibility index (Phi) is 4.54. The van der Waals surface area contributed by atoms with Gasteiger partial charge in [0.2, 0.25) is 0 Å². The summed E-state index contributed by atoms with van der Waals surface area (Å²) >= 11 is 5.35. The fraction of sp³-hybridized carbons (Fsp3) is 0.357. The van der Waals surface area contributed by atoms with E-state index < -0.39 is 0 Å². The van der Waals surface area contributed by atoms with Crippen LogP contribution in [0, 0.1) is 13.8 Å². The van der Waals surface area contributed by atoms with Crippen molar-refractivity contribution in [3.63, 3.8) is 0 Å². The third kappa shape index (κ3) is 2.99. The van der Waals surface area contributed by atoms with Gasteiger partial charge >= 0.3 is 0 Å². The fourth-order valence-electron chi connectivity index (χ4n) is 1.68. The molecule has 1 N–H and O–H groups in total. The molecule has 1 heterocycles. The van der Waals surface area contributed by atoms with E-state index in [-0.39, 0.29) is 0 Å². The highest BCUT2D eigenvalue weighted by Crippen LogP contribution is 2.30. The second-order valence-corrected chi connectivity index (χ2v) is 6.21. The minimum atomic E-state index is 0.910. The topological polar surface area (TPSA) is 24.9 Å². The lowest BCUT2D eigenvalue weighted by atomic mass is 10.2. The van der Waals surface area contributed by atoms with Crippen LogP contribution in [0.3, 0.4) is 0 Å². The summed E-state index contributed by atoms with van der Waals surface area (Å²) in [5.41, 5.74) is 3.57. The molecule has 0 fully saturated rings. The summed E-state index contributed by atoms with van der Waals surface area (Å²) in [4.78, 5) is 5.98. The number of hydrogen-bond acceptors (Lipinski definition) is 3. The van der Waals surface area contributed by atoms with Crippen LogP contribution in [0.25, 0.3) is 10.6 Å². The van der Waals surface area contributed by atoms with E-state index >= 15 is 0 Å². The first-order valence-electron chi connectivity index (χ1n) is 6.05. The molecule has 0 unspecified atom stereocenters. The molecule has 96 valence electrons. The van der Waals surface area contributed by atoms with Gasteiger partial charge in [-0.1, -0.05) is 35.0 Å². The molecule has 0 spiro atoms. The van der Waals surface area contributed by atoms with Crippen molar-refractivity contribution in [1.82, 2.24) is 10.3 Å². The average Bonchev–Trinajstić information content (AvgIpc) is 2.72. The molecule has 1 aromatic carbocycles. The summed E-state index contributed by atoms with van der Waals surface area (Å²) in [6.07, 6.45) is 0. The van der Waals surface area contributed by atoms with E-state index in [1.807, 2.05) is 0 Å². The standard InChI is InChI=1S/C14H17BrN2S/c1-4-16-8-13-10(3)17-14(18-13)11-6-5-9(2)12(15)7-11/h5-7,16H,4,8H2,1-3H3. The van der Waals surface area contributed by atoms with E-state index in [1.165, 1.54) is 16.0 Å². The van der Waals surface area contributed by atoms with Gasteiger partial charge in [-0.25, -0.2) is 4.98 Å². The molecule has 0 amide bonds. The Hall–Kier alpha value is -0.710. The largest absolute Gasteiger partial charge is 0.312 e. The van der Waals surface area contributed by atoms with Crippen molar-refractivity contribution in [2.45, 2.75) is 27.3 Å². The first-order chi connectivity index (χ1) is 8.61. The number of nitrogens with zero attached hydrogens (tertiary/aromatic N) is 1. The highest BCUT2D eigenvalue weighted by Gasteiger charge is 2.09. The second kappa shape index (κ2) is 5.95. The molecule has 0 saturated heterocycles. The first-order valence-corrected chi connectivity index (χ1v) is 7.66. The van der Waals surface area contributed by atoms with Crippen molar-refractivity contribution in [2.24, 2.45) is 0 Å². The minimum absolute atomic E-state index is 0.910. The van der Waals surface area contributed by atoms with Gasteiger partial charge in [-0.05, 0) is 32.0 Å². The summed E-state index contributed by atoms with van der Waals surface area (Å²) in [5, 5.41) is 4.45. The summed E-state index contributed by atoms with van der Waals surface area (Å²) in [6.45, 7) is 8.19. The SMILES string of the molecule is CCNCc1sc(-c2ccc(C)c(Br)c2)nc1C. The highest BCUT2D eigenvalue weighted by atomic mass is 79.9. The van der Waals surface area contributed by atoms with E-state index in [2.05, 4.69) is 65.2 Å². The maximum absolute atomic E-state index is 4.66. The molecule has 1 aromatic heterocycles. The molecular weight excluding hydrogens is 308 g/mol. The van der Waals surface area contributed by atoms with Crippen molar-refractivity contribution in [3.05, 3.63) is 38.8 Å². The van der Waals surface area contributed by atoms with Crippen LogP contribution in [-0.2, 0) is 6.54 Å². The smallest absolute Gasteiger partial charge is 0.123 e. The highest BCUT2D eigenvalue weighted by molar-refractivity contribution is 9.10. The predicted molar refractivity (Wildman–Crippen MR) is 82.1 cm³/mol. The molecule has 0 aliphatic heterocycles. The number of rotatable bonds is 4. The van der Waals surface area contributed by atoms with Crippen molar-refractivity contribution < 1.29 is 0 Å². The number of thiazole rings is 1. The van der Waals surface area contributed by atoms with Gasteiger partial charge in [0, 0.05) is 21.5 Å². The molecular formula is C14H17BrN2S. The van der Waals surface area contributed by atoms with Gasteiger partial charge in [0.1, 0.15) is 5.01 Å². The van der Waals surface area contributed by atoms with Crippen LogP contribution in [0.2, 0.25) is 0 Å². The zero-order chi connectivity index (χ0) is 13.1. The van der Waals surface area contributed by atoms with Crippen LogP contribution in [0.1, 0.15) is 23.1 Å². The minimum Gasteiger partial charge on any atom is -0.312 e. The number of aromatic nitrogens is 1. The summed E-state index contributed by atoms with van der Waals surface area (Å²) < 4.78 is 1.14. The zero-order valence-corrected chi connectivity index (χ0v) is 13.3. The van der Waals surface area contributed by atoms with Crippen LogP contribution in [0.5, 0.6) is 0 Å². The summed E-state index contributed by atoms with van der Waals surface area (Å²) in [7, 11) is 0. The van der Waals surface area contributed by atoms with Gasteiger partial charge in [0.05, 0.1) is 5.69 Å². The lowest BCUT2D eigenvalue weighted by molar-refractivity contribution is 0.731. The molecule has 0 aliphatic rings. The first kappa shape index (κ1) is 13.7. The molecule has 2 rings (SSSR count). The van der Waals surface area contributed by atoms with Gasteiger partial charge < -0.3 is 5.32 Å². The lowest BCUT2D eigenvalue weighted by Gasteiger charge is -2.00. The summed E-state index contributed by atoms with van der Waals surface area (Å²) in [6, 6.07) is 6.40. The van der Waals surface area contributed by atoms with Crippen LogP contribution in [0.15, 0.2) is 22.7 Å². The Morgan fingerprint density at radius 2 is 2.11 bits per heavy atom. The molecule has 0 atom stereocenters. The molecule has 2 nitrogen and oxygen atoms in total. The van der Waals surface area contributed by atoms with E-state index in [4.69, 9.17) is 0 Å². The van der Waals surface area contributed by atoms with Gasteiger partial charge in [-0.15, -0.1) is 11.3 Å². The molecule has 0 aliphatic carbocycles. The monoisotopic (exact) mass is 324 g/mol. The third-order valence-corrected chi connectivity index (χ3v) is 4.91. The van der Waals surface area contributed by atoms with Crippen LogP contribution in [0.4, 0.5) is 0 Å². The van der Waals surface area contributed by atoms with Gasteiger partial charge in [-0.3, -0.25) is 0 Å². The van der Waals surface area contributed by atoms with Crippen LogP contribution < -0.4 is 5.32 Å². The Balaban J connectivity index is 2.30. The molecule has 0 radical (unpaired) electrons. The van der Waals surface area contributed by atoms with Crippen LogP contribution >= 0.6 is 27.3 Å². The van der Waals surface area contributed by atoms with Gasteiger partial charge in [-0.2, -0.15) is 0 Å². The average molecular weight is 325 g/mol. The Labute approximate surface area is 121 Å². The number of halogens is 1. The van der Waals surface area contributed by atoms with Gasteiger partial charge in [0.25, 0.3) is 0 Å². The van der Waals surface area contributed by atoms with Gasteiger partial charge in [0.15, 0.2) is 0 Å². The number of hydrogen-bond donors (Lipinski definition) is 1. The lowest BCUT2D eigenvalue weighted by Crippen LogP contribution is -2.11. The van der Waals surface area contributed by atoms with Crippen molar-refractivity contribution in [1.29, 1.82) is 0 Å². The molecule has 2 aromatic rings. The van der Waals surface area contributed by atoms with Crippen LogP contribution in [-0.4, -0.2) is 11.5 Å². The molecule has 18 heavy (non-hydrogen) atoms. The number of nitrogens with one attached hydrogen (secondary N) is 1. The second-order valence-electron chi connectivity index (χ2n) is 4.27. The van der Waals surface area contributed by atoms with E-state index in [0.717, 1.165) is 28.3 Å².